The van der Waals surface area contributed by atoms with E-state index in [1.165, 1.54) is 0 Å². The summed E-state index contributed by atoms with van der Waals surface area (Å²) in [6.45, 7) is 7.14. The van der Waals surface area contributed by atoms with Gasteiger partial charge in [-0.3, -0.25) is 4.90 Å². The van der Waals surface area contributed by atoms with Gasteiger partial charge in [-0.2, -0.15) is 0 Å². The van der Waals surface area contributed by atoms with E-state index in [1.54, 1.807) is 6.26 Å². The Morgan fingerprint density at radius 1 is 1.62 bits per heavy atom. The summed E-state index contributed by atoms with van der Waals surface area (Å²) in [5, 5.41) is 12.5. The normalized spacial score (nSPS) is 25.8. The van der Waals surface area contributed by atoms with E-state index < -0.39 is 0 Å². The zero-order valence-corrected chi connectivity index (χ0v) is 9.94. The zero-order chi connectivity index (χ0) is 11.6. The van der Waals surface area contributed by atoms with Crippen LogP contribution in [0.2, 0.25) is 0 Å². The number of nitrogens with one attached hydrogen (secondary N) is 1. The highest BCUT2D eigenvalue weighted by Gasteiger charge is 2.33. The van der Waals surface area contributed by atoms with Crippen molar-refractivity contribution >= 4 is 0 Å². The Labute approximate surface area is 96.2 Å². The van der Waals surface area contributed by atoms with Crippen molar-refractivity contribution in [3.8, 4) is 0 Å². The average molecular weight is 224 g/mol. The molecule has 1 saturated heterocycles. The molecule has 16 heavy (non-hydrogen) atoms. The fourth-order valence-electron chi connectivity index (χ4n) is 2.08. The fraction of sp³-hybridized carbons (Fsp3) is 0.667. The molecule has 2 rings (SSSR count). The van der Waals surface area contributed by atoms with Crippen molar-refractivity contribution in [1.29, 1.82) is 0 Å². The van der Waals surface area contributed by atoms with Gasteiger partial charge in [-0.25, -0.2) is 0 Å². The van der Waals surface area contributed by atoms with Crippen molar-refractivity contribution in [2.45, 2.75) is 32.0 Å². The van der Waals surface area contributed by atoms with Gasteiger partial charge < -0.3 is 14.8 Å². The molecule has 0 aliphatic carbocycles. The molecule has 0 saturated carbocycles. The third kappa shape index (κ3) is 2.45. The average Bonchev–Trinajstić information content (AvgIpc) is 2.74. The molecular weight excluding hydrogens is 204 g/mol. The molecule has 0 amide bonds. The second kappa shape index (κ2) is 4.57. The third-order valence-corrected chi connectivity index (χ3v) is 3.27. The zero-order valence-electron chi connectivity index (χ0n) is 9.94. The second-order valence-corrected chi connectivity index (χ2v) is 5.03. The highest BCUT2D eigenvalue weighted by Crippen LogP contribution is 2.21. The fourth-order valence-corrected chi connectivity index (χ4v) is 2.08. The van der Waals surface area contributed by atoms with Crippen LogP contribution in [0.4, 0.5) is 0 Å². The summed E-state index contributed by atoms with van der Waals surface area (Å²) in [5.41, 5.74) is 0.0957. The lowest BCUT2D eigenvalue weighted by Gasteiger charge is -2.45. The Hall–Kier alpha value is -0.840. The number of furan rings is 1. The van der Waals surface area contributed by atoms with Gasteiger partial charge in [0.2, 0.25) is 0 Å². The van der Waals surface area contributed by atoms with Gasteiger partial charge in [0.25, 0.3) is 0 Å². The van der Waals surface area contributed by atoms with Crippen molar-refractivity contribution in [2.24, 2.45) is 0 Å². The summed E-state index contributed by atoms with van der Waals surface area (Å²) in [6, 6.07) is 4.07. The highest BCUT2D eigenvalue weighted by atomic mass is 16.3. The van der Waals surface area contributed by atoms with Crippen LogP contribution in [0, 0.1) is 0 Å². The van der Waals surface area contributed by atoms with Crippen molar-refractivity contribution in [3.63, 3.8) is 0 Å². The molecule has 90 valence electrons. The highest BCUT2D eigenvalue weighted by molar-refractivity contribution is 5.01. The van der Waals surface area contributed by atoms with Crippen LogP contribution in [-0.2, 0) is 6.54 Å². The van der Waals surface area contributed by atoms with E-state index in [0.29, 0.717) is 0 Å². The molecule has 1 aromatic rings. The van der Waals surface area contributed by atoms with Crippen LogP contribution in [-0.4, -0.2) is 41.3 Å². The largest absolute Gasteiger partial charge is 0.468 e. The molecule has 2 heterocycles. The van der Waals surface area contributed by atoms with Crippen LogP contribution >= 0.6 is 0 Å². The standard InChI is InChI=1S/C12H20N2O2/c1-12(2)9-13-10(8-15)6-14(12)7-11-4-3-5-16-11/h3-5,10,13,15H,6-9H2,1-2H3. The minimum absolute atomic E-state index is 0.0957. The first kappa shape index (κ1) is 11.6. The summed E-state index contributed by atoms with van der Waals surface area (Å²) in [6.07, 6.45) is 1.70. The number of rotatable bonds is 3. The van der Waals surface area contributed by atoms with Gasteiger partial charge in [-0.1, -0.05) is 0 Å². The molecule has 0 spiro atoms. The van der Waals surface area contributed by atoms with Crippen LogP contribution in [0.3, 0.4) is 0 Å². The maximum Gasteiger partial charge on any atom is 0.117 e. The van der Waals surface area contributed by atoms with Crippen LogP contribution in [0.1, 0.15) is 19.6 Å². The molecule has 4 heteroatoms. The van der Waals surface area contributed by atoms with E-state index in [2.05, 4.69) is 24.1 Å². The first-order valence-corrected chi connectivity index (χ1v) is 5.73. The molecule has 1 aromatic heterocycles. The van der Waals surface area contributed by atoms with E-state index in [4.69, 9.17) is 4.42 Å². The molecule has 4 nitrogen and oxygen atoms in total. The molecule has 0 radical (unpaired) electrons. The van der Waals surface area contributed by atoms with Gasteiger partial charge in [0, 0.05) is 24.7 Å². The Balaban J connectivity index is 2.04. The molecule has 0 bridgehead atoms. The Morgan fingerprint density at radius 2 is 2.44 bits per heavy atom. The Morgan fingerprint density at radius 3 is 3.06 bits per heavy atom. The number of nitrogens with zero attached hydrogens (tertiary/aromatic N) is 1. The van der Waals surface area contributed by atoms with E-state index in [1.807, 2.05) is 12.1 Å². The molecular formula is C12H20N2O2. The van der Waals surface area contributed by atoms with Gasteiger partial charge in [0.1, 0.15) is 5.76 Å². The van der Waals surface area contributed by atoms with Crippen molar-refractivity contribution < 1.29 is 9.52 Å². The van der Waals surface area contributed by atoms with Gasteiger partial charge in [0.15, 0.2) is 0 Å². The van der Waals surface area contributed by atoms with Crippen LogP contribution in [0.15, 0.2) is 22.8 Å². The van der Waals surface area contributed by atoms with E-state index >= 15 is 0 Å². The summed E-state index contributed by atoms with van der Waals surface area (Å²) >= 11 is 0. The topological polar surface area (TPSA) is 48.6 Å². The first-order valence-electron chi connectivity index (χ1n) is 5.73. The van der Waals surface area contributed by atoms with Crippen LogP contribution < -0.4 is 5.32 Å². The lowest BCUT2D eigenvalue weighted by Crippen LogP contribution is -2.62. The molecule has 2 N–H and O–H groups in total. The Kier molecular flexibility index (Phi) is 3.33. The minimum atomic E-state index is 0.0957. The van der Waals surface area contributed by atoms with Crippen molar-refractivity contribution in [3.05, 3.63) is 24.2 Å². The maximum absolute atomic E-state index is 9.19. The number of aliphatic hydroxyl groups is 1. The lowest BCUT2D eigenvalue weighted by molar-refractivity contribution is 0.0373. The number of hydrogen-bond acceptors (Lipinski definition) is 4. The lowest BCUT2D eigenvalue weighted by atomic mass is 9.97. The van der Waals surface area contributed by atoms with Crippen molar-refractivity contribution in [2.75, 3.05) is 19.7 Å². The molecule has 1 unspecified atom stereocenters. The number of piperazine rings is 1. The van der Waals surface area contributed by atoms with E-state index in [0.717, 1.165) is 25.4 Å². The second-order valence-electron chi connectivity index (χ2n) is 5.03. The van der Waals surface area contributed by atoms with Crippen LogP contribution in [0.25, 0.3) is 0 Å². The summed E-state index contributed by atoms with van der Waals surface area (Å²) in [7, 11) is 0. The van der Waals surface area contributed by atoms with Gasteiger partial charge in [-0.05, 0) is 26.0 Å². The quantitative estimate of drug-likeness (QED) is 0.798. The van der Waals surface area contributed by atoms with E-state index in [9.17, 15) is 5.11 Å². The monoisotopic (exact) mass is 224 g/mol. The molecule has 1 atom stereocenters. The summed E-state index contributed by atoms with van der Waals surface area (Å²) < 4.78 is 5.37. The minimum Gasteiger partial charge on any atom is -0.468 e. The number of aliphatic hydroxyl groups excluding tert-OH is 1. The van der Waals surface area contributed by atoms with Gasteiger partial charge in [-0.15, -0.1) is 0 Å². The predicted molar refractivity (Wildman–Crippen MR) is 62.1 cm³/mol. The maximum atomic E-state index is 9.19. The molecule has 1 aliphatic rings. The smallest absolute Gasteiger partial charge is 0.117 e. The van der Waals surface area contributed by atoms with Gasteiger partial charge in [0.05, 0.1) is 19.4 Å². The van der Waals surface area contributed by atoms with E-state index in [-0.39, 0.29) is 18.2 Å². The predicted octanol–water partition coefficient (Wildman–Crippen LogP) is 0.824. The summed E-state index contributed by atoms with van der Waals surface area (Å²) in [4.78, 5) is 2.35. The third-order valence-electron chi connectivity index (χ3n) is 3.27. The molecule has 1 fully saturated rings. The first-order chi connectivity index (χ1) is 7.62. The number of hydrogen-bond donors (Lipinski definition) is 2. The van der Waals surface area contributed by atoms with Crippen LogP contribution in [0.5, 0.6) is 0 Å². The summed E-state index contributed by atoms with van der Waals surface area (Å²) in [5.74, 6) is 0.978. The SMILES string of the molecule is CC1(C)CNC(CO)CN1Cc1ccco1. The Bertz CT molecular complexity index is 322. The molecule has 0 aromatic carbocycles. The molecule has 1 aliphatic heterocycles. The van der Waals surface area contributed by atoms with Gasteiger partial charge >= 0.3 is 0 Å². The van der Waals surface area contributed by atoms with Crippen molar-refractivity contribution in [1.82, 2.24) is 10.2 Å².